The number of rotatable bonds is 6. The van der Waals surface area contributed by atoms with Crippen LogP contribution in [0, 0.1) is 5.92 Å². The molecule has 82 valence electrons. The highest BCUT2D eigenvalue weighted by Gasteiger charge is 2.01. The summed E-state index contributed by atoms with van der Waals surface area (Å²) in [4.78, 5) is 10.3. The van der Waals surface area contributed by atoms with Gasteiger partial charge in [-0.1, -0.05) is 19.1 Å². The Balaban J connectivity index is 2.40. The highest BCUT2D eigenvalue weighted by molar-refractivity contribution is 5.49. The van der Waals surface area contributed by atoms with Crippen LogP contribution in [-0.4, -0.2) is 13.4 Å². The summed E-state index contributed by atoms with van der Waals surface area (Å²) in [5.74, 6) is 1.37. The normalized spacial score (nSPS) is 12.1. The molecule has 0 saturated heterocycles. The molecule has 0 aliphatic rings. The van der Waals surface area contributed by atoms with Crippen LogP contribution in [0.15, 0.2) is 24.3 Å². The maximum atomic E-state index is 10.3. The number of aldehydes is 1. The minimum absolute atomic E-state index is 0.476. The van der Waals surface area contributed by atoms with E-state index in [1.54, 1.807) is 7.11 Å². The first-order valence-corrected chi connectivity index (χ1v) is 5.33. The van der Waals surface area contributed by atoms with E-state index in [4.69, 9.17) is 4.74 Å². The van der Waals surface area contributed by atoms with Gasteiger partial charge in [-0.05, 0) is 36.5 Å². The quantitative estimate of drug-likeness (QED) is 0.669. The van der Waals surface area contributed by atoms with Crippen LogP contribution in [0.5, 0.6) is 5.75 Å². The van der Waals surface area contributed by atoms with E-state index in [0.717, 1.165) is 24.9 Å². The fourth-order valence-electron chi connectivity index (χ4n) is 1.49. The third-order valence-corrected chi connectivity index (χ3v) is 2.58. The second kappa shape index (κ2) is 6.23. The standard InChI is InChI=1S/C13H18O2/c1-11(9-10-14)3-4-12-5-7-13(15-2)8-6-12/h5-8,10-11H,3-4,9H2,1-2H3. The molecule has 0 aromatic heterocycles. The van der Waals surface area contributed by atoms with Gasteiger partial charge in [0.05, 0.1) is 7.11 Å². The van der Waals surface area contributed by atoms with Gasteiger partial charge in [-0.25, -0.2) is 0 Å². The molecule has 0 bridgehead atoms. The van der Waals surface area contributed by atoms with Gasteiger partial charge in [-0.15, -0.1) is 0 Å². The van der Waals surface area contributed by atoms with Gasteiger partial charge in [-0.2, -0.15) is 0 Å². The zero-order chi connectivity index (χ0) is 11.1. The minimum atomic E-state index is 0.476. The van der Waals surface area contributed by atoms with Crippen molar-refractivity contribution in [2.75, 3.05) is 7.11 Å². The van der Waals surface area contributed by atoms with Crippen LogP contribution >= 0.6 is 0 Å². The molecular formula is C13H18O2. The summed E-state index contributed by atoms with van der Waals surface area (Å²) >= 11 is 0. The average molecular weight is 206 g/mol. The first-order valence-electron chi connectivity index (χ1n) is 5.33. The summed E-state index contributed by atoms with van der Waals surface area (Å²) in [7, 11) is 1.67. The van der Waals surface area contributed by atoms with Gasteiger partial charge in [0.25, 0.3) is 0 Å². The average Bonchev–Trinajstić information content (AvgIpc) is 2.27. The highest BCUT2D eigenvalue weighted by atomic mass is 16.5. The third kappa shape index (κ3) is 4.15. The van der Waals surface area contributed by atoms with Gasteiger partial charge in [0.1, 0.15) is 12.0 Å². The van der Waals surface area contributed by atoms with Crippen molar-refractivity contribution in [2.24, 2.45) is 5.92 Å². The Labute approximate surface area is 91.3 Å². The fourth-order valence-corrected chi connectivity index (χ4v) is 1.49. The van der Waals surface area contributed by atoms with Crippen molar-refractivity contribution in [3.8, 4) is 5.75 Å². The zero-order valence-electron chi connectivity index (χ0n) is 9.40. The van der Waals surface area contributed by atoms with Crippen molar-refractivity contribution in [2.45, 2.75) is 26.2 Å². The van der Waals surface area contributed by atoms with Crippen molar-refractivity contribution in [3.05, 3.63) is 29.8 Å². The number of hydrogen-bond acceptors (Lipinski definition) is 2. The Morgan fingerprint density at radius 3 is 2.53 bits per heavy atom. The van der Waals surface area contributed by atoms with E-state index in [9.17, 15) is 4.79 Å². The molecule has 15 heavy (non-hydrogen) atoms. The Hall–Kier alpha value is -1.31. The molecule has 0 amide bonds. The van der Waals surface area contributed by atoms with E-state index in [1.165, 1.54) is 5.56 Å². The van der Waals surface area contributed by atoms with Crippen molar-refractivity contribution in [1.82, 2.24) is 0 Å². The van der Waals surface area contributed by atoms with Crippen LogP contribution in [0.4, 0.5) is 0 Å². The van der Waals surface area contributed by atoms with Crippen LogP contribution < -0.4 is 4.74 Å². The first-order chi connectivity index (χ1) is 7.26. The third-order valence-electron chi connectivity index (χ3n) is 2.58. The molecule has 0 N–H and O–H groups in total. The number of hydrogen-bond donors (Lipinski definition) is 0. The van der Waals surface area contributed by atoms with Gasteiger partial charge in [0.2, 0.25) is 0 Å². The maximum absolute atomic E-state index is 10.3. The van der Waals surface area contributed by atoms with Crippen molar-refractivity contribution in [3.63, 3.8) is 0 Å². The largest absolute Gasteiger partial charge is 0.497 e. The van der Waals surface area contributed by atoms with E-state index in [0.29, 0.717) is 12.3 Å². The summed E-state index contributed by atoms with van der Waals surface area (Å²) in [6, 6.07) is 8.10. The summed E-state index contributed by atoms with van der Waals surface area (Å²) < 4.78 is 5.09. The lowest BCUT2D eigenvalue weighted by atomic mass is 9.99. The van der Waals surface area contributed by atoms with Gasteiger partial charge < -0.3 is 9.53 Å². The lowest BCUT2D eigenvalue weighted by Gasteiger charge is -2.07. The molecule has 0 radical (unpaired) electrons. The van der Waals surface area contributed by atoms with Crippen LogP contribution in [0.1, 0.15) is 25.3 Å². The molecule has 0 heterocycles. The molecule has 1 atom stereocenters. The highest BCUT2D eigenvalue weighted by Crippen LogP contribution is 2.15. The van der Waals surface area contributed by atoms with Crippen molar-refractivity contribution in [1.29, 1.82) is 0 Å². The minimum Gasteiger partial charge on any atom is -0.497 e. The van der Waals surface area contributed by atoms with Gasteiger partial charge in [0.15, 0.2) is 0 Å². The number of carbonyl (C=O) groups is 1. The Morgan fingerprint density at radius 1 is 1.33 bits per heavy atom. The number of carbonyl (C=O) groups excluding carboxylic acids is 1. The van der Waals surface area contributed by atoms with E-state index in [2.05, 4.69) is 19.1 Å². The number of ether oxygens (including phenoxy) is 1. The molecule has 1 rings (SSSR count). The van der Waals surface area contributed by atoms with E-state index < -0.39 is 0 Å². The Kier molecular flexibility index (Phi) is 4.88. The molecule has 0 aliphatic heterocycles. The molecule has 2 nitrogen and oxygen atoms in total. The van der Waals surface area contributed by atoms with E-state index in [-0.39, 0.29) is 0 Å². The SMILES string of the molecule is COc1ccc(CCC(C)CC=O)cc1. The van der Waals surface area contributed by atoms with Gasteiger partial charge in [0, 0.05) is 6.42 Å². The van der Waals surface area contributed by atoms with Crippen molar-refractivity contribution >= 4 is 6.29 Å². The summed E-state index contributed by atoms with van der Waals surface area (Å²) in [5, 5.41) is 0. The lowest BCUT2D eigenvalue weighted by molar-refractivity contribution is -0.108. The van der Waals surface area contributed by atoms with Crippen LogP contribution in [0.3, 0.4) is 0 Å². The molecule has 0 saturated carbocycles. The molecule has 0 fully saturated rings. The maximum Gasteiger partial charge on any atom is 0.120 e. The fraction of sp³-hybridized carbons (Fsp3) is 0.462. The summed E-state index contributed by atoms with van der Waals surface area (Å²) in [5.41, 5.74) is 1.30. The predicted octanol–water partition coefficient (Wildman–Crippen LogP) is 2.85. The van der Waals surface area contributed by atoms with Gasteiger partial charge >= 0.3 is 0 Å². The molecule has 1 aromatic rings. The Morgan fingerprint density at radius 2 is 2.00 bits per heavy atom. The number of methoxy groups -OCH3 is 1. The summed E-state index contributed by atoms with van der Waals surface area (Å²) in [6.45, 7) is 2.11. The monoisotopic (exact) mass is 206 g/mol. The molecule has 0 aliphatic carbocycles. The lowest BCUT2D eigenvalue weighted by Crippen LogP contribution is -1.98. The van der Waals surface area contributed by atoms with E-state index >= 15 is 0 Å². The molecule has 0 spiro atoms. The molecule has 1 aromatic carbocycles. The molecule has 2 heteroatoms. The first kappa shape index (κ1) is 11.8. The van der Waals surface area contributed by atoms with Gasteiger partial charge in [-0.3, -0.25) is 0 Å². The van der Waals surface area contributed by atoms with Crippen LogP contribution in [0.2, 0.25) is 0 Å². The van der Waals surface area contributed by atoms with Crippen LogP contribution in [-0.2, 0) is 11.2 Å². The van der Waals surface area contributed by atoms with Crippen LogP contribution in [0.25, 0.3) is 0 Å². The van der Waals surface area contributed by atoms with Crippen molar-refractivity contribution < 1.29 is 9.53 Å². The number of aryl methyl sites for hydroxylation is 1. The Bertz CT molecular complexity index is 290. The summed E-state index contributed by atoms with van der Waals surface area (Å²) in [6.07, 6.45) is 3.75. The number of benzene rings is 1. The zero-order valence-corrected chi connectivity index (χ0v) is 9.40. The second-order valence-corrected chi connectivity index (χ2v) is 3.89. The second-order valence-electron chi connectivity index (χ2n) is 3.89. The predicted molar refractivity (Wildman–Crippen MR) is 61.2 cm³/mol. The smallest absolute Gasteiger partial charge is 0.120 e. The topological polar surface area (TPSA) is 26.3 Å². The molecule has 1 unspecified atom stereocenters. The molecular weight excluding hydrogens is 188 g/mol. The van der Waals surface area contributed by atoms with E-state index in [1.807, 2.05) is 12.1 Å².